The van der Waals surface area contributed by atoms with E-state index in [1.54, 1.807) is 6.92 Å². The molecule has 1 heterocycles. The molecule has 10 heteroatoms. The van der Waals surface area contributed by atoms with Crippen molar-refractivity contribution >= 4 is 11.8 Å². The van der Waals surface area contributed by atoms with Crippen LogP contribution in [0.4, 0.5) is 22.0 Å². The van der Waals surface area contributed by atoms with Crippen molar-refractivity contribution in [1.82, 2.24) is 10.6 Å². The Bertz CT molecular complexity index is 821. The van der Waals surface area contributed by atoms with Gasteiger partial charge in [-0.2, -0.15) is 18.4 Å². The molecular weight excluding hydrogens is 433 g/mol. The number of alkyl halides is 5. The Hall–Kier alpha value is -2.18. The third-order valence-corrected chi connectivity index (χ3v) is 7.28. The van der Waals surface area contributed by atoms with Crippen LogP contribution in [0.15, 0.2) is 11.1 Å². The van der Waals surface area contributed by atoms with Crippen molar-refractivity contribution < 1.29 is 31.5 Å². The number of hydrogen-bond donors (Lipinski definition) is 2. The lowest BCUT2D eigenvalue weighted by Crippen LogP contribution is -2.56. The summed E-state index contributed by atoms with van der Waals surface area (Å²) in [6.07, 6.45) is -7.68. The highest BCUT2D eigenvalue weighted by Gasteiger charge is 2.56. The molecule has 2 aliphatic carbocycles. The van der Waals surface area contributed by atoms with Crippen molar-refractivity contribution in [3.8, 4) is 6.07 Å². The fraction of sp³-hybridized carbons (Fsp3) is 0.773. The summed E-state index contributed by atoms with van der Waals surface area (Å²) in [6, 6.07) is 0.665. The first-order chi connectivity index (χ1) is 14.9. The fourth-order valence-corrected chi connectivity index (χ4v) is 5.56. The van der Waals surface area contributed by atoms with Gasteiger partial charge in [-0.05, 0) is 46.0 Å². The average Bonchev–Trinajstić information content (AvgIpc) is 2.70. The predicted molar refractivity (Wildman–Crippen MR) is 105 cm³/mol. The molecule has 0 bridgehead atoms. The summed E-state index contributed by atoms with van der Waals surface area (Å²) in [6.45, 7) is 2.99. The minimum absolute atomic E-state index is 0.0872. The monoisotopic (exact) mass is 461 g/mol. The highest BCUT2D eigenvalue weighted by molar-refractivity contribution is 6.00. The maximum absolute atomic E-state index is 14.4. The molecule has 5 nitrogen and oxygen atoms in total. The van der Waals surface area contributed by atoms with Crippen LogP contribution in [0.3, 0.4) is 0 Å². The van der Waals surface area contributed by atoms with E-state index in [1.165, 1.54) is 6.92 Å². The molecular formula is C22H28F5N3O2. The Balaban J connectivity index is 1.73. The molecule has 32 heavy (non-hydrogen) atoms. The number of nitrogens with zero attached hydrogens (tertiary/aromatic N) is 1. The van der Waals surface area contributed by atoms with Gasteiger partial charge in [0.05, 0.1) is 18.4 Å². The zero-order valence-electron chi connectivity index (χ0n) is 18.0. The van der Waals surface area contributed by atoms with Gasteiger partial charge in [0, 0.05) is 35.4 Å². The Kier molecular flexibility index (Phi) is 7.15. The number of nitrogens with one attached hydrogen (secondary N) is 2. The number of nitriles is 1. The third-order valence-electron chi connectivity index (χ3n) is 7.28. The maximum Gasteiger partial charge on any atom is 0.395 e. The largest absolute Gasteiger partial charge is 0.395 e. The standard InChI is InChI=1S/C22H28F5N3O2/c1-10-14(8-18(31)29-11(2)13-4-3-12(9-28)7-16(13)24)21(32)30-17-6-5-15(23)20(19(10)17)22(25,26)27/h11-13,15-17,19-20H,3-8H2,1-2H3,(H,29,31)(H,30,32)/t11-,12?,13?,15?,16?,17?,19?,20?/m0/s1. The number of amides is 2. The molecule has 1 aliphatic heterocycles. The summed E-state index contributed by atoms with van der Waals surface area (Å²) >= 11 is 0. The van der Waals surface area contributed by atoms with Crippen molar-refractivity contribution in [1.29, 1.82) is 5.26 Å². The second kappa shape index (κ2) is 9.36. The topological polar surface area (TPSA) is 82.0 Å². The van der Waals surface area contributed by atoms with E-state index in [4.69, 9.17) is 5.26 Å². The van der Waals surface area contributed by atoms with Gasteiger partial charge in [-0.1, -0.05) is 5.57 Å². The van der Waals surface area contributed by atoms with Gasteiger partial charge in [-0.3, -0.25) is 9.59 Å². The molecule has 178 valence electrons. The van der Waals surface area contributed by atoms with Crippen molar-refractivity contribution in [3.63, 3.8) is 0 Å². The first-order valence-corrected chi connectivity index (χ1v) is 11.0. The van der Waals surface area contributed by atoms with Gasteiger partial charge in [-0.15, -0.1) is 0 Å². The Morgan fingerprint density at radius 2 is 1.91 bits per heavy atom. The minimum Gasteiger partial charge on any atom is -0.353 e. The van der Waals surface area contributed by atoms with E-state index in [0.29, 0.717) is 12.8 Å². The molecule has 2 N–H and O–H groups in total. The van der Waals surface area contributed by atoms with Crippen LogP contribution >= 0.6 is 0 Å². The lowest BCUT2D eigenvalue weighted by atomic mass is 9.68. The van der Waals surface area contributed by atoms with Crippen LogP contribution in [-0.4, -0.2) is 42.4 Å². The summed E-state index contributed by atoms with van der Waals surface area (Å²) in [4.78, 5) is 25.1. The first kappa shape index (κ1) is 24.5. The van der Waals surface area contributed by atoms with Crippen LogP contribution in [0.2, 0.25) is 0 Å². The van der Waals surface area contributed by atoms with Crippen molar-refractivity contribution in [2.24, 2.45) is 23.7 Å². The smallest absolute Gasteiger partial charge is 0.353 e. The molecule has 7 unspecified atom stereocenters. The summed E-state index contributed by atoms with van der Waals surface area (Å²) in [7, 11) is 0. The van der Waals surface area contributed by atoms with E-state index in [2.05, 4.69) is 16.7 Å². The quantitative estimate of drug-likeness (QED) is 0.623. The van der Waals surface area contributed by atoms with Crippen molar-refractivity contribution in [3.05, 3.63) is 11.1 Å². The van der Waals surface area contributed by atoms with Crippen LogP contribution in [0.1, 0.15) is 52.4 Å². The second-order valence-corrected chi connectivity index (χ2v) is 9.28. The van der Waals surface area contributed by atoms with Crippen LogP contribution in [-0.2, 0) is 9.59 Å². The van der Waals surface area contributed by atoms with Gasteiger partial charge in [0.1, 0.15) is 12.3 Å². The summed E-state index contributed by atoms with van der Waals surface area (Å²) in [5.74, 6) is -5.56. The Labute approximate surface area is 183 Å². The number of rotatable bonds is 4. The second-order valence-electron chi connectivity index (χ2n) is 9.28. The summed E-state index contributed by atoms with van der Waals surface area (Å²) in [5, 5.41) is 14.1. The normalized spacial score (nSPS) is 36.6. The van der Waals surface area contributed by atoms with E-state index in [0.717, 1.165) is 0 Å². The Morgan fingerprint density at radius 1 is 1.22 bits per heavy atom. The van der Waals surface area contributed by atoms with E-state index < -0.39 is 66.6 Å². The molecule has 0 radical (unpaired) electrons. The maximum atomic E-state index is 14.4. The van der Waals surface area contributed by atoms with Crippen molar-refractivity contribution in [2.75, 3.05) is 0 Å². The predicted octanol–water partition coefficient (Wildman–Crippen LogP) is 3.90. The fourth-order valence-electron chi connectivity index (χ4n) is 5.56. The molecule has 0 spiro atoms. The first-order valence-electron chi connectivity index (χ1n) is 11.0. The molecule has 2 amide bonds. The van der Waals surface area contributed by atoms with E-state index in [9.17, 15) is 31.5 Å². The van der Waals surface area contributed by atoms with Gasteiger partial charge in [0.25, 0.3) is 0 Å². The molecule has 0 aromatic carbocycles. The molecule has 2 saturated carbocycles. The molecule has 0 aromatic heterocycles. The van der Waals surface area contributed by atoms with Gasteiger partial charge in [0.2, 0.25) is 11.8 Å². The van der Waals surface area contributed by atoms with Gasteiger partial charge >= 0.3 is 6.18 Å². The number of fused-ring (bicyclic) bond motifs is 1. The Morgan fingerprint density at radius 3 is 2.50 bits per heavy atom. The van der Waals surface area contributed by atoms with E-state index in [1.807, 2.05) is 0 Å². The van der Waals surface area contributed by atoms with E-state index >= 15 is 0 Å². The van der Waals surface area contributed by atoms with Gasteiger partial charge in [-0.25, -0.2) is 8.78 Å². The number of hydrogen-bond acceptors (Lipinski definition) is 3. The molecule has 0 saturated heterocycles. The third kappa shape index (κ3) is 4.91. The van der Waals surface area contributed by atoms with Gasteiger partial charge < -0.3 is 10.6 Å². The van der Waals surface area contributed by atoms with Crippen LogP contribution in [0.5, 0.6) is 0 Å². The number of carbonyl (C=O) groups excluding carboxylic acids is 2. The van der Waals surface area contributed by atoms with E-state index in [-0.39, 0.29) is 36.3 Å². The average molecular weight is 461 g/mol. The minimum atomic E-state index is -4.77. The summed E-state index contributed by atoms with van der Waals surface area (Å²) < 4.78 is 69.4. The lowest BCUT2D eigenvalue weighted by Gasteiger charge is -2.45. The SMILES string of the molecule is CC1=C(CC(=O)N[C@@H](C)C2CCC(C#N)CC2F)C(=O)NC2CCC(F)C(C(F)(F)F)C12. The van der Waals surface area contributed by atoms with Gasteiger partial charge in [0.15, 0.2) is 0 Å². The highest BCUT2D eigenvalue weighted by atomic mass is 19.4. The lowest BCUT2D eigenvalue weighted by molar-refractivity contribution is -0.213. The van der Waals surface area contributed by atoms with Crippen LogP contribution in [0, 0.1) is 35.0 Å². The zero-order chi connectivity index (χ0) is 23.8. The zero-order valence-corrected chi connectivity index (χ0v) is 18.0. The highest BCUT2D eigenvalue weighted by Crippen LogP contribution is 2.48. The molecule has 2 fully saturated rings. The molecule has 0 aromatic rings. The number of carbonyl (C=O) groups is 2. The molecule has 3 rings (SSSR count). The molecule has 8 atom stereocenters. The van der Waals surface area contributed by atoms with Crippen molar-refractivity contribution in [2.45, 2.75) is 83.0 Å². The summed E-state index contributed by atoms with van der Waals surface area (Å²) in [5.41, 5.74) is -0.00610. The molecule has 3 aliphatic rings. The van der Waals surface area contributed by atoms with Crippen LogP contribution in [0.25, 0.3) is 0 Å². The number of halogens is 5. The van der Waals surface area contributed by atoms with Crippen LogP contribution < -0.4 is 10.6 Å².